The molecule has 7 nitrogen and oxygen atoms in total. The third kappa shape index (κ3) is 6.03. The first kappa shape index (κ1) is 21.8. The van der Waals surface area contributed by atoms with Crippen LogP contribution in [-0.2, 0) is 13.1 Å². The van der Waals surface area contributed by atoms with Gasteiger partial charge in [-0.05, 0) is 41.8 Å². The Morgan fingerprint density at radius 2 is 1.70 bits per heavy atom. The highest BCUT2D eigenvalue weighted by molar-refractivity contribution is 5.80. The molecule has 0 aliphatic carbocycles. The van der Waals surface area contributed by atoms with E-state index in [0.717, 1.165) is 54.8 Å². The SMILES string of the molecule is CN=C(NCc1cccc(OC)c1)NC1CCN(Cc2cc(OC)cc(OC)c2)C1. The van der Waals surface area contributed by atoms with Gasteiger partial charge in [0.25, 0.3) is 0 Å². The van der Waals surface area contributed by atoms with Crippen LogP contribution in [0.5, 0.6) is 17.2 Å². The van der Waals surface area contributed by atoms with Crippen LogP contribution in [0.1, 0.15) is 17.5 Å². The molecule has 1 unspecified atom stereocenters. The van der Waals surface area contributed by atoms with E-state index in [1.807, 2.05) is 24.3 Å². The highest BCUT2D eigenvalue weighted by Crippen LogP contribution is 2.24. The van der Waals surface area contributed by atoms with Crippen molar-refractivity contribution >= 4 is 5.96 Å². The van der Waals surface area contributed by atoms with Crippen molar-refractivity contribution in [2.24, 2.45) is 4.99 Å². The average molecular weight is 413 g/mol. The zero-order chi connectivity index (χ0) is 21.3. The minimum atomic E-state index is 0.356. The summed E-state index contributed by atoms with van der Waals surface area (Å²) in [6, 6.07) is 14.4. The fraction of sp³-hybridized carbons (Fsp3) is 0.435. The van der Waals surface area contributed by atoms with Crippen molar-refractivity contribution in [3.63, 3.8) is 0 Å². The van der Waals surface area contributed by atoms with E-state index in [1.165, 1.54) is 5.56 Å². The average Bonchev–Trinajstić information content (AvgIpc) is 3.22. The summed E-state index contributed by atoms with van der Waals surface area (Å²) in [4.78, 5) is 6.81. The number of rotatable bonds is 8. The molecular weight excluding hydrogens is 380 g/mol. The number of benzene rings is 2. The molecule has 7 heteroatoms. The first-order valence-electron chi connectivity index (χ1n) is 10.2. The van der Waals surface area contributed by atoms with Crippen molar-refractivity contribution in [3.8, 4) is 17.2 Å². The lowest BCUT2D eigenvalue weighted by Crippen LogP contribution is -2.44. The zero-order valence-electron chi connectivity index (χ0n) is 18.3. The Bertz CT molecular complexity index is 834. The second kappa shape index (κ2) is 10.7. The fourth-order valence-electron chi connectivity index (χ4n) is 3.67. The summed E-state index contributed by atoms with van der Waals surface area (Å²) in [5, 5.41) is 6.93. The Kier molecular flexibility index (Phi) is 7.79. The van der Waals surface area contributed by atoms with Crippen molar-refractivity contribution in [3.05, 3.63) is 53.6 Å². The summed E-state index contributed by atoms with van der Waals surface area (Å²) in [6.45, 7) is 3.54. The Labute approximate surface area is 179 Å². The summed E-state index contributed by atoms with van der Waals surface area (Å²) in [7, 11) is 6.84. The van der Waals surface area contributed by atoms with Gasteiger partial charge in [0.2, 0.25) is 0 Å². The van der Waals surface area contributed by atoms with Crippen LogP contribution in [0.2, 0.25) is 0 Å². The normalized spacial score (nSPS) is 16.9. The topological polar surface area (TPSA) is 67.4 Å². The molecule has 3 rings (SSSR count). The third-order valence-electron chi connectivity index (χ3n) is 5.25. The lowest BCUT2D eigenvalue weighted by atomic mass is 10.2. The smallest absolute Gasteiger partial charge is 0.191 e. The van der Waals surface area contributed by atoms with Crippen molar-refractivity contribution < 1.29 is 14.2 Å². The van der Waals surface area contributed by atoms with Crippen LogP contribution < -0.4 is 24.8 Å². The molecular formula is C23H32N4O3. The van der Waals surface area contributed by atoms with E-state index in [0.29, 0.717) is 12.6 Å². The highest BCUT2D eigenvalue weighted by atomic mass is 16.5. The number of likely N-dealkylation sites (tertiary alicyclic amines) is 1. The maximum Gasteiger partial charge on any atom is 0.191 e. The van der Waals surface area contributed by atoms with E-state index in [1.54, 1.807) is 28.4 Å². The van der Waals surface area contributed by atoms with E-state index in [9.17, 15) is 0 Å². The van der Waals surface area contributed by atoms with Gasteiger partial charge in [0.1, 0.15) is 17.2 Å². The molecule has 0 aromatic heterocycles. The summed E-state index contributed by atoms with van der Waals surface area (Å²) < 4.78 is 16.1. The second-order valence-electron chi connectivity index (χ2n) is 7.36. The molecule has 2 aromatic carbocycles. The Morgan fingerprint density at radius 3 is 2.37 bits per heavy atom. The van der Waals surface area contributed by atoms with E-state index in [-0.39, 0.29) is 0 Å². The van der Waals surface area contributed by atoms with E-state index >= 15 is 0 Å². The molecule has 0 radical (unpaired) electrons. The predicted molar refractivity (Wildman–Crippen MR) is 120 cm³/mol. The van der Waals surface area contributed by atoms with E-state index in [2.05, 4.69) is 38.7 Å². The summed E-state index contributed by atoms with van der Waals surface area (Å²) in [5.41, 5.74) is 2.34. The maximum absolute atomic E-state index is 5.39. The largest absolute Gasteiger partial charge is 0.497 e. The summed E-state index contributed by atoms with van der Waals surface area (Å²) in [6.07, 6.45) is 1.07. The number of nitrogens with one attached hydrogen (secondary N) is 2. The molecule has 1 fully saturated rings. The van der Waals surface area contributed by atoms with Gasteiger partial charge in [-0.2, -0.15) is 0 Å². The van der Waals surface area contributed by atoms with Gasteiger partial charge in [-0.3, -0.25) is 9.89 Å². The maximum atomic E-state index is 5.39. The molecule has 0 spiro atoms. The molecule has 0 saturated carbocycles. The molecule has 1 aliphatic heterocycles. The van der Waals surface area contributed by atoms with Gasteiger partial charge < -0.3 is 24.8 Å². The van der Waals surface area contributed by atoms with Crippen molar-refractivity contribution in [2.45, 2.75) is 25.6 Å². The molecule has 1 aliphatic rings. The van der Waals surface area contributed by atoms with Crippen LogP contribution in [0.3, 0.4) is 0 Å². The standard InChI is InChI=1S/C23H32N4O3/c1-24-23(25-14-17-6-5-7-20(10-17)28-2)26-19-8-9-27(16-19)15-18-11-21(29-3)13-22(12-18)30-4/h5-7,10-13,19H,8-9,14-16H2,1-4H3,(H2,24,25,26). The number of methoxy groups -OCH3 is 3. The van der Waals surface area contributed by atoms with Gasteiger partial charge >= 0.3 is 0 Å². The first-order valence-corrected chi connectivity index (χ1v) is 10.2. The minimum Gasteiger partial charge on any atom is -0.497 e. The van der Waals surface area contributed by atoms with Gasteiger partial charge in [0, 0.05) is 45.3 Å². The van der Waals surface area contributed by atoms with Crippen LogP contribution in [0, 0.1) is 0 Å². The van der Waals surface area contributed by atoms with Gasteiger partial charge in [0.05, 0.1) is 21.3 Å². The summed E-state index contributed by atoms with van der Waals surface area (Å²) in [5.74, 6) is 3.31. The molecule has 2 N–H and O–H groups in total. The number of ether oxygens (including phenoxy) is 3. The van der Waals surface area contributed by atoms with Gasteiger partial charge in [0.15, 0.2) is 5.96 Å². The highest BCUT2D eigenvalue weighted by Gasteiger charge is 2.23. The molecule has 162 valence electrons. The molecule has 1 atom stereocenters. The molecule has 30 heavy (non-hydrogen) atoms. The van der Waals surface area contributed by atoms with Crippen molar-refractivity contribution in [1.29, 1.82) is 0 Å². The number of nitrogens with zero attached hydrogens (tertiary/aromatic N) is 2. The number of guanidine groups is 1. The second-order valence-corrected chi connectivity index (χ2v) is 7.36. The van der Waals surface area contributed by atoms with Crippen LogP contribution >= 0.6 is 0 Å². The van der Waals surface area contributed by atoms with Gasteiger partial charge in [-0.1, -0.05) is 12.1 Å². The Hall–Kier alpha value is -2.93. The minimum absolute atomic E-state index is 0.356. The Balaban J connectivity index is 1.51. The predicted octanol–water partition coefficient (Wildman–Crippen LogP) is 2.65. The molecule has 1 saturated heterocycles. The van der Waals surface area contributed by atoms with E-state index in [4.69, 9.17) is 14.2 Å². The van der Waals surface area contributed by atoms with Crippen LogP contribution in [0.25, 0.3) is 0 Å². The lowest BCUT2D eigenvalue weighted by Gasteiger charge is -2.19. The molecule has 0 bridgehead atoms. The number of hydrogen-bond donors (Lipinski definition) is 2. The monoisotopic (exact) mass is 412 g/mol. The van der Waals surface area contributed by atoms with Gasteiger partial charge in [-0.15, -0.1) is 0 Å². The Morgan fingerprint density at radius 1 is 1.00 bits per heavy atom. The molecule has 2 aromatic rings. The third-order valence-corrected chi connectivity index (χ3v) is 5.25. The van der Waals surface area contributed by atoms with Crippen LogP contribution in [-0.4, -0.2) is 58.4 Å². The zero-order valence-corrected chi connectivity index (χ0v) is 18.3. The summed E-state index contributed by atoms with van der Waals surface area (Å²) >= 11 is 0. The van der Waals surface area contributed by atoms with Gasteiger partial charge in [-0.25, -0.2) is 0 Å². The van der Waals surface area contributed by atoms with Crippen molar-refractivity contribution in [2.75, 3.05) is 41.5 Å². The fourth-order valence-corrected chi connectivity index (χ4v) is 3.67. The van der Waals surface area contributed by atoms with Crippen molar-refractivity contribution in [1.82, 2.24) is 15.5 Å². The molecule has 0 amide bonds. The molecule has 1 heterocycles. The number of hydrogen-bond acceptors (Lipinski definition) is 5. The first-order chi connectivity index (χ1) is 14.6. The number of aliphatic imine (C=N–C) groups is 1. The van der Waals surface area contributed by atoms with Crippen LogP contribution in [0.4, 0.5) is 0 Å². The lowest BCUT2D eigenvalue weighted by molar-refractivity contribution is 0.321. The quantitative estimate of drug-likeness (QED) is 0.513. The van der Waals surface area contributed by atoms with Crippen LogP contribution in [0.15, 0.2) is 47.5 Å². The van der Waals surface area contributed by atoms with E-state index < -0.39 is 0 Å².